The Hall–Kier alpha value is -1.20. The Morgan fingerprint density at radius 3 is 2.75 bits per heavy atom. The summed E-state index contributed by atoms with van der Waals surface area (Å²) in [5, 5.41) is 11.4. The average Bonchev–Trinajstić information content (AvgIpc) is 2.16. The Bertz CT molecular complexity index is 426. The van der Waals surface area contributed by atoms with Crippen LogP contribution in [-0.2, 0) is 17.8 Å². The van der Waals surface area contributed by atoms with E-state index in [9.17, 15) is 13.6 Å². The van der Waals surface area contributed by atoms with Crippen molar-refractivity contribution < 1.29 is 18.7 Å². The molecule has 6 heteroatoms. The third-order valence-electron chi connectivity index (χ3n) is 2.50. The molecule has 0 amide bonds. The molecule has 1 aliphatic heterocycles. The van der Waals surface area contributed by atoms with Crippen LogP contribution in [0.25, 0.3) is 0 Å². The standard InChI is InChI=1S/C10H9F2NO2.ClH/c11-6-1-5-4-13-9(10(14)15)3-7(5)8(12)2-6;/h1-2,9,13H,3-4H2,(H,14,15);1H/t9-;/m0./s1. The fourth-order valence-corrected chi connectivity index (χ4v) is 1.73. The van der Waals surface area contributed by atoms with E-state index in [-0.39, 0.29) is 25.4 Å². The maximum atomic E-state index is 13.3. The van der Waals surface area contributed by atoms with Gasteiger partial charge in [-0.25, -0.2) is 8.78 Å². The first-order valence-corrected chi connectivity index (χ1v) is 4.51. The summed E-state index contributed by atoms with van der Waals surface area (Å²) < 4.78 is 26.1. The van der Waals surface area contributed by atoms with E-state index < -0.39 is 23.6 Å². The molecule has 0 bridgehead atoms. The minimum absolute atomic E-state index is 0. The minimum Gasteiger partial charge on any atom is -0.480 e. The van der Waals surface area contributed by atoms with Gasteiger partial charge in [0, 0.05) is 19.0 Å². The molecule has 0 aliphatic carbocycles. The van der Waals surface area contributed by atoms with Crippen molar-refractivity contribution in [2.75, 3.05) is 0 Å². The van der Waals surface area contributed by atoms with Crippen LogP contribution >= 0.6 is 12.4 Å². The molecular formula is C10H10ClF2NO2. The summed E-state index contributed by atoms with van der Waals surface area (Å²) in [5.74, 6) is -2.33. The van der Waals surface area contributed by atoms with Gasteiger partial charge in [-0.2, -0.15) is 0 Å². The lowest BCUT2D eigenvalue weighted by atomic mass is 9.95. The van der Waals surface area contributed by atoms with Gasteiger partial charge >= 0.3 is 5.97 Å². The van der Waals surface area contributed by atoms with Crippen LogP contribution in [0.2, 0.25) is 0 Å². The number of benzene rings is 1. The molecule has 0 spiro atoms. The first kappa shape index (κ1) is 12.9. The van der Waals surface area contributed by atoms with Gasteiger partial charge in [0.2, 0.25) is 0 Å². The monoisotopic (exact) mass is 249 g/mol. The molecule has 1 aromatic rings. The molecule has 16 heavy (non-hydrogen) atoms. The van der Waals surface area contributed by atoms with Gasteiger partial charge in [-0.15, -0.1) is 12.4 Å². The summed E-state index contributed by atoms with van der Waals surface area (Å²) in [7, 11) is 0. The van der Waals surface area contributed by atoms with Crippen molar-refractivity contribution >= 4 is 18.4 Å². The van der Waals surface area contributed by atoms with E-state index in [0.29, 0.717) is 11.1 Å². The first-order chi connectivity index (χ1) is 7.08. The number of carboxylic acids is 1. The van der Waals surface area contributed by atoms with Crippen LogP contribution in [0.15, 0.2) is 12.1 Å². The highest BCUT2D eigenvalue weighted by Gasteiger charge is 2.26. The van der Waals surface area contributed by atoms with Crippen LogP contribution in [-0.4, -0.2) is 17.1 Å². The molecule has 2 N–H and O–H groups in total. The molecular weight excluding hydrogens is 240 g/mol. The Morgan fingerprint density at radius 2 is 2.12 bits per heavy atom. The normalized spacial score (nSPS) is 18.5. The number of carboxylic acid groups (broad SMARTS) is 1. The smallest absolute Gasteiger partial charge is 0.321 e. The van der Waals surface area contributed by atoms with E-state index in [0.717, 1.165) is 6.07 Å². The summed E-state index contributed by atoms with van der Waals surface area (Å²) in [6.45, 7) is 0.182. The number of hydrogen-bond acceptors (Lipinski definition) is 2. The summed E-state index contributed by atoms with van der Waals surface area (Å²) in [6.07, 6.45) is 0.0524. The highest BCUT2D eigenvalue weighted by Crippen LogP contribution is 2.21. The molecule has 88 valence electrons. The zero-order chi connectivity index (χ0) is 11.0. The van der Waals surface area contributed by atoms with E-state index in [1.807, 2.05) is 0 Å². The molecule has 1 aromatic carbocycles. The second-order valence-electron chi connectivity index (χ2n) is 3.50. The van der Waals surface area contributed by atoms with E-state index in [1.165, 1.54) is 6.07 Å². The zero-order valence-corrected chi connectivity index (χ0v) is 8.98. The number of halogens is 3. The number of nitrogens with one attached hydrogen (secondary N) is 1. The largest absolute Gasteiger partial charge is 0.480 e. The first-order valence-electron chi connectivity index (χ1n) is 4.51. The van der Waals surface area contributed by atoms with Crippen LogP contribution < -0.4 is 5.32 Å². The second kappa shape index (κ2) is 4.76. The maximum absolute atomic E-state index is 13.3. The van der Waals surface area contributed by atoms with Crippen LogP contribution in [0.3, 0.4) is 0 Å². The van der Waals surface area contributed by atoms with Crippen LogP contribution in [0.4, 0.5) is 8.78 Å². The number of rotatable bonds is 1. The third kappa shape index (κ3) is 2.31. The van der Waals surface area contributed by atoms with E-state index in [2.05, 4.69) is 5.32 Å². The topological polar surface area (TPSA) is 49.3 Å². The molecule has 2 rings (SSSR count). The number of fused-ring (bicyclic) bond motifs is 1. The predicted octanol–water partition coefficient (Wildman–Crippen LogP) is 1.49. The van der Waals surface area contributed by atoms with Crippen molar-refractivity contribution in [2.45, 2.75) is 19.0 Å². The van der Waals surface area contributed by atoms with Gasteiger partial charge in [-0.1, -0.05) is 0 Å². The quantitative estimate of drug-likeness (QED) is 0.793. The Labute approximate surface area is 96.9 Å². The molecule has 0 saturated heterocycles. The van der Waals surface area contributed by atoms with E-state index >= 15 is 0 Å². The van der Waals surface area contributed by atoms with Crippen LogP contribution in [0.1, 0.15) is 11.1 Å². The fourth-order valence-electron chi connectivity index (χ4n) is 1.73. The Kier molecular flexibility index (Phi) is 3.83. The average molecular weight is 250 g/mol. The maximum Gasteiger partial charge on any atom is 0.321 e. The summed E-state index contributed by atoms with van der Waals surface area (Å²) in [5.41, 5.74) is 0.785. The van der Waals surface area contributed by atoms with Gasteiger partial charge in [-0.3, -0.25) is 4.79 Å². The molecule has 1 atom stereocenters. The minimum atomic E-state index is -1.02. The Morgan fingerprint density at radius 1 is 1.44 bits per heavy atom. The van der Waals surface area contributed by atoms with Crippen molar-refractivity contribution in [1.82, 2.24) is 5.32 Å². The van der Waals surface area contributed by atoms with Crippen molar-refractivity contribution in [2.24, 2.45) is 0 Å². The molecule has 1 aliphatic rings. The van der Waals surface area contributed by atoms with Crippen LogP contribution in [0.5, 0.6) is 0 Å². The molecule has 0 radical (unpaired) electrons. The van der Waals surface area contributed by atoms with Crippen LogP contribution in [0, 0.1) is 11.6 Å². The van der Waals surface area contributed by atoms with Crippen molar-refractivity contribution in [1.29, 1.82) is 0 Å². The lowest BCUT2D eigenvalue weighted by molar-refractivity contribution is -0.139. The van der Waals surface area contributed by atoms with Gasteiger partial charge in [-0.05, 0) is 17.2 Å². The highest BCUT2D eigenvalue weighted by atomic mass is 35.5. The number of carbonyl (C=O) groups is 1. The van der Waals surface area contributed by atoms with Gasteiger partial charge in [0.15, 0.2) is 0 Å². The number of aliphatic carboxylic acids is 1. The van der Waals surface area contributed by atoms with Gasteiger partial charge in [0.25, 0.3) is 0 Å². The molecule has 1 heterocycles. The molecule has 0 fully saturated rings. The summed E-state index contributed by atoms with van der Waals surface area (Å²) >= 11 is 0. The van der Waals surface area contributed by atoms with Gasteiger partial charge in [0.1, 0.15) is 17.7 Å². The SMILES string of the molecule is Cl.O=C(O)[C@@H]1Cc2c(F)cc(F)cc2CN1. The van der Waals surface area contributed by atoms with Crippen molar-refractivity contribution in [3.8, 4) is 0 Å². The molecule has 0 aromatic heterocycles. The van der Waals surface area contributed by atoms with E-state index in [4.69, 9.17) is 5.11 Å². The second-order valence-corrected chi connectivity index (χ2v) is 3.50. The fraction of sp³-hybridized carbons (Fsp3) is 0.300. The van der Waals surface area contributed by atoms with Crippen molar-refractivity contribution in [3.63, 3.8) is 0 Å². The van der Waals surface area contributed by atoms with Gasteiger partial charge in [0.05, 0.1) is 0 Å². The summed E-state index contributed by atoms with van der Waals surface area (Å²) in [6, 6.07) is 1.21. The predicted molar refractivity (Wildman–Crippen MR) is 55.6 cm³/mol. The molecule has 3 nitrogen and oxygen atoms in total. The third-order valence-corrected chi connectivity index (χ3v) is 2.50. The molecule has 0 unspecified atom stereocenters. The Balaban J connectivity index is 0.00000128. The van der Waals surface area contributed by atoms with Crippen molar-refractivity contribution in [3.05, 3.63) is 34.9 Å². The lowest BCUT2D eigenvalue weighted by Crippen LogP contribution is -2.42. The molecule has 0 saturated carbocycles. The summed E-state index contributed by atoms with van der Waals surface area (Å²) in [4.78, 5) is 10.7. The highest BCUT2D eigenvalue weighted by molar-refractivity contribution is 5.85. The van der Waals surface area contributed by atoms with Gasteiger partial charge < -0.3 is 10.4 Å². The lowest BCUT2D eigenvalue weighted by Gasteiger charge is -2.23. The van der Waals surface area contributed by atoms with E-state index in [1.54, 1.807) is 0 Å². The zero-order valence-electron chi connectivity index (χ0n) is 8.17. The number of hydrogen-bond donors (Lipinski definition) is 2.